The van der Waals surface area contributed by atoms with Gasteiger partial charge in [0, 0.05) is 30.9 Å². The van der Waals surface area contributed by atoms with Crippen molar-refractivity contribution in [2.75, 3.05) is 29.5 Å². The third-order valence-corrected chi connectivity index (χ3v) is 10.6. The van der Waals surface area contributed by atoms with E-state index in [1.54, 1.807) is 18.0 Å². The Morgan fingerprint density at radius 1 is 1.10 bits per heavy atom. The predicted octanol–water partition coefficient (Wildman–Crippen LogP) is 5.85. The quantitative estimate of drug-likeness (QED) is 0.244. The number of fused-ring (bicyclic) bond motifs is 2. The summed E-state index contributed by atoms with van der Waals surface area (Å²) < 4.78 is 0. The van der Waals surface area contributed by atoms with Crippen LogP contribution in [0.1, 0.15) is 83.3 Å². The summed E-state index contributed by atoms with van der Waals surface area (Å²) in [6.07, 6.45) is 12.6. The molecule has 4 N–H and O–H groups in total. The molecule has 0 spiro atoms. The van der Waals surface area contributed by atoms with Gasteiger partial charge in [-0.3, -0.25) is 0 Å². The Kier molecular flexibility index (Phi) is 10.1. The molecule has 0 aliphatic heterocycles. The van der Waals surface area contributed by atoms with E-state index in [0.29, 0.717) is 53.6 Å². The molecule has 3 fully saturated rings. The summed E-state index contributed by atoms with van der Waals surface area (Å²) in [4.78, 5) is 13.6. The number of nitrogens with zero attached hydrogens (tertiary/aromatic N) is 4. The molecule has 0 amide bonds. The first-order valence-electron chi connectivity index (χ1n) is 15.6. The van der Waals surface area contributed by atoms with E-state index in [4.69, 9.17) is 4.98 Å². The number of nitrogens with one attached hydrogen (secondary N) is 3. The highest BCUT2D eigenvalue weighted by molar-refractivity contribution is 7.99. The number of thioether (sulfide) groups is 1. The van der Waals surface area contributed by atoms with E-state index in [2.05, 4.69) is 51.9 Å². The summed E-state index contributed by atoms with van der Waals surface area (Å²) in [5.41, 5.74) is 1.13. The van der Waals surface area contributed by atoms with E-state index in [0.717, 1.165) is 61.0 Å². The monoisotopic (exact) mass is 577 g/mol. The number of aromatic nitrogens is 3. The molecule has 1 unspecified atom stereocenters. The molecular weight excluding hydrogens is 530 g/mol. The molecule has 0 aromatic carbocycles. The fourth-order valence-electron chi connectivity index (χ4n) is 7.50. The summed E-state index contributed by atoms with van der Waals surface area (Å²) in [6, 6.07) is 6.86. The van der Waals surface area contributed by atoms with E-state index < -0.39 is 5.60 Å². The summed E-state index contributed by atoms with van der Waals surface area (Å²) in [5, 5.41) is 31.9. The lowest BCUT2D eigenvalue weighted by atomic mass is 9.62. The van der Waals surface area contributed by atoms with Crippen molar-refractivity contribution in [3.8, 4) is 6.07 Å². The standard InChI is InChI=1S/C32H47N7OS/c1-4-41-30-25(6-5-11-34-30)19-37-31-38-20-27(16-33)29(39-31)36-18-24-13-23-12-21(2)28(26(14-23)15-24)35-17-22-7-9-32(3,40)10-8-22/h5-6,11,20-24,26,28,35,40H,4,7-10,12-15,17-19H2,1-3H3,(H2,36,37,38,39)/t21-,22?,23?,24-,26-,28+,32?/m1/s1. The van der Waals surface area contributed by atoms with Gasteiger partial charge in [-0.1, -0.05) is 19.9 Å². The minimum atomic E-state index is -0.464. The first-order chi connectivity index (χ1) is 19.8. The van der Waals surface area contributed by atoms with Crippen LogP contribution < -0.4 is 16.0 Å². The van der Waals surface area contributed by atoms with Gasteiger partial charge in [0.1, 0.15) is 22.5 Å². The zero-order chi connectivity index (χ0) is 28.8. The maximum atomic E-state index is 10.3. The lowest BCUT2D eigenvalue weighted by Gasteiger charge is -2.48. The first kappa shape index (κ1) is 30.1. The zero-order valence-corrected chi connectivity index (χ0v) is 25.7. The summed E-state index contributed by atoms with van der Waals surface area (Å²) >= 11 is 1.73. The van der Waals surface area contributed by atoms with Crippen LogP contribution in [0.5, 0.6) is 0 Å². The molecule has 3 saturated carbocycles. The number of hydrogen-bond donors (Lipinski definition) is 4. The fourth-order valence-corrected chi connectivity index (χ4v) is 8.24. The highest BCUT2D eigenvalue weighted by Crippen LogP contribution is 2.45. The van der Waals surface area contributed by atoms with Crippen LogP contribution in [0.4, 0.5) is 11.8 Å². The van der Waals surface area contributed by atoms with Gasteiger partial charge >= 0.3 is 0 Å². The van der Waals surface area contributed by atoms with Crippen molar-refractivity contribution in [1.82, 2.24) is 20.3 Å². The van der Waals surface area contributed by atoms with Gasteiger partial charge in [-0.25, -0.2) is 9.97 Å². The van der Waals surface area contributed by atoms with Gasteiger partial charge in [0.2, 0.25) is 5.95 Å². The Bertz CT molecular complexity index is 1190. The lowest BCUT2D eigenvalue weighted by molar-refractivity contribution is 0.00543. The highest BCUT2D eigenvalue weighted by Gasteiger charge is 2.41. The van der Waals surface area contributed by atoms with Crippen LogP contribution in [-0.2, 0) is 6.54 Å². The molecular formula is C32H47N7OS. The largest absolute Gasteiger partial charge is 0.390 e. The van der Waals surface area contributed by atoms with Gasteiger partial charge in [-0.2, -0.15) is 10.2 Å². The van der Waals surface area contributed by atoms with Crippen LogP contribution in [0.3, 0.4) is 0 Å². The molecule has 41 heavy (non-hydrogen) atoms. The number of aliphatic hydroxyl groups is 1. The molecule has 9 heteroatoms. The average Bonchev–Trinajstić information content (AvgIpc) is 2.96. The van der Waals surface area contributed by atoms with Crippen LogP contribution in [-0.4, -0.2) is 50.5 Å². The predicted molar refractivity (Wildman–Crippen MR) is 166 cm³/mol. The van der Waals surface area contributed by atoms with Crippen molar-refractivity contribution in [1.29, 1.82) is 5.26 Å². The average molecular weight is 578 g/mol. The molecule has 8 nitrogen and oxygen atoms in total. The van der Waals surface area contributed by atoms with E-state index in [-0.39, 0.29) is 0 Å². The first-order valence-corrected chi connectivity index (χ1v) is 16.6. The number of nitriles is 1. The van der Waals surface area contributed by atoms with Crippen LogP contribution >= 0.6 is 11.8 Å². The maximum absolute atomic E-state index is 10.3. The van der Waals surface area contributed by atoms with Crippen molar-refractivity contribution in [2.45, 2.75) is 95.4 Å². The second-order valence-electron chi connectivity index (χ2n) is 13.0. The van der Waals surface area contributed by atoms with E-state index in [1.165, 1.54) is 25.7 Å². The Hall–Kier alpha value is -2.41. The Balaban J connectivity index is 1.16. The molecule has 5 atom stereocenters. The molecule has 2 heterocycles. The molecule has 0 radical (unpaired) electrons. The van der Waals surface area contributed by atoms with Crippen LogP contribution in [0.15, 0.2) is 29.6 Å². The number of hydrogen-bond acceptors (Lipinski definition) is 9. The second-order valence-corrected chi connectivity index (χ2v) is 14.2. The van der Waals surface area contributed by atoms with Crippen LogP contribution in [0, 0.1) is 40.9 Å². The van der Waals surface area contributed by atoms with Crippen molar-refractivity contribution in [2.24, 2.45) is 29.6 Å². The van der Waals surface area contributed by atoms with Crippen molar-refractivity contribution < 1.29 is 5.11 Å². The third-order valence-electron chi connectivity index (χ3n) is 9.62. The number of rotatable bonds is 11. The summed E-state index contributed by atoms with van der Waals surface area (Å²) in [5.74, 6) is 5.54. The summed E-state index contributed by atoms with van der Waals surface area (Å²) in [6.45, 7) is 9.04. The number of anilines is 2. The SMILES string of the molecule is CCSc1ncccc1CNc1ncc(C#N)c(NC[C@@H]2CC3C[C@H](C2)[C@@H](NCC2CCC(C)(O)CC2)[C@H](C)C3)n1. The minimum absolute atomic E-state index is 0.464. The molecule has 2 bridgehead atoms. The highest BCUT2D eigenvalue weighted by atomic mass is 32.2. The molecule has 222 valence electrons. The maximum Gasteiger partial charge on any atom is 0.224 e. The van der Waals surface area contributed by atoms with Crippen molar-refractivity contribution >= 4 is 23.5 Å². The van der Waals surface area contributed by atoms with Crippen molar-refractivity contribution in [3.05, 3.63) is 35.7 Å². The second kappa shape index (κ2) is 13.7. The van der Waals surface area contributed by atoms with Gasteiger partial charge in [0.15, 0.2) is 0 Å². The fraction of sp³-hybridized carbons (Fsp3) is 0.688. The summed E-state index contributed by atoms with van der Waals surface area (Å²) in [7, 11) is 0. The van der Waals surface area contributed by atoms with E-state index >= 15 is 0 Å². The Labute approximate surface area is 249 Å². The molecule has 5 rings (SSSR count). The van der Waals surface area contributed by atoms with Crippen LogP contribution in [0.2, 0.25) is 0 Å². The van der Waals surface area contributed by atoms with Crippen molar-refractivity contribution in [3.63, 3.8) is 0 Å². The van der Waals surface area contributed by atoms with Gasteiger partial charge in [0.25, 0.3) is 0 Å². The molecule has 3 aliphatic rings. The van der Waals surface area contributed by atoms with Gasteiger partial charge in [-0.15, -0.1) is 11.8 Å². The molecule has 2 aromatic rings. The molecule has 2 aromatic heterocycles. The molecule has 0 saturated heterocycles. The smallest absolute Gasteiger partial charge is 0.224 e. The Morgan fingerprint density at radius 3 is 2.71 bits per heavy atom. The zero-order valence-electron chi connectivity index (χ0n) is 24.9. The topological polar surface area (TPSA) is 119 Å². The minimum Gasteiger partial charge on any atom is -0.390 e. The third kappa shape index (κ3) is 7.91. The van der Waals surface area contributed by atoms with E-state index in [9.17, 15) is 10.4 Å². The Morgan fingerprint density at radius 2 is 1.93 bits per heavy atom. The van der Waals surface area contributed by atoms with E-state index in [1.807, 2.05) is 19.2 Å². The number of pyridine rings is 1. The molecule has 3 aliphatic carbocycles. The van der Waals surface area contributed by atoms with Gasteiger partial charge < -0.3 is 21.1 Å². The van der Waals surface area contributed by atoms with Crippen LogP contribution in [0.25, 0.3) is 0 Å². The van der Waals surface area contributed by atoms with Gasteiger partial charge in [-0.05, 0) is 106 Å². The lowest BCUT2D eigenvalue weighted by Crippen LogP contribution is -2.51. The normalized spacial score (nSPS) is 31.3. The van der Waals surface area contributed by atoms with Gasteiger partial charge in [0.05, 0.1) is 11.8 Å².